The summed E-state index contributed by atoms with van der Waals surface area (Å²) < 4.78 is 0. The Kier molecular flexibility index (Phi) is 3.72. The highest BCUT2D eigenvalue weighted by Gasteiger charge is 2.24. The second-order valence-electron chi connectivity index (χ2n) is 5.23. The fraction of sp³-hybridized carbons (Fsp3) is 0.294. The lowest BCUT2D eigenvalue weighted by atomic mass is 10.2. The van der Waals surface area contributed by atoms with Gasteiger partial charge in [0, 0.05) is 25.1 Å². The van der Waals surface area contributed by atoms with E-state index in [0.29, 0.717) is 0 Å². The van der Waals surface area contributed by atoms with Crippen molar-refractivity contribution >= 4 is 39.7 Å². The van der Waals surface area contributed by atoms with E-state index >= 15 is 0 Å². The Morgan fingerprint density at radius 1 is 0.864 bits per heavy atom. The van der Waals surface area contributed by atoms with Gasteiger partial charge in [-0.25, -0.2) is 0 Å². The molecule has 0 spiro atoms. The molecule has 0 radical (unpaired) electrons. The zero-order chi connectivity index (χ0) is 15.1. The van der Waals surface area contributed by atoms with Gasteiger partial charge in [-0.3, -0.25) is 0 Å². The molecule has 0 bridgehead atoms. The molecule has 4 rings (SSSR count). The minimum Gasteiger partial charge on any atom is -0.184 e. The summed E-state index contributed by atoms with van der Waals surface area (Å²) in [6, 6.07) is 8.97. The first-order valence-corrected chi connectivity index (χ1v) is 9.96. The van der Waals surface area contributed by atoms with Gasteiger partial charge in [-0.1, -0.05) is 13.8 Å². The van der Waals surface area contributed by atoms with Crippen LogP contribution in [0, 0.1) is 0 Å². The third-order valence-electron chi connectivity index (χ3n) is 3.85. The first-order chi connectivity index (χ1) is 10.8. The van der Waals surface area contributed by atoms with Gasteiger partial charge >= 0.3 is 0 Å². The van der Waals surface area contributed by atoms with Gasteiger partial charge in [-0.05, 0) is 37.1 Å². The topological polar surface area (TPSA) is 24.7 Å². The minimum atomic E-state index is 0.729. The molecule has 0 aliphatic carbocycles. The molecule has 22 heavy (non-hydrogen) atoms. The summed E-state index contributed by atoms with van der Waals surface area (Å²) in [6.45, 7) is 5.15. The molecule has 0 amide bonds. The first kappa shape index (κ1) is 14.3. The standard InChI is InChI=1S/C17H16N2S3/c1-3-10-5-7-13(20-10)16-12-9-18-19-15(12)17(22-16)14-8-6-11(4-2)21-14/h5-8H,3-4,9H2,1-2H3. The largest absolute Gasteiger partial charge is 0.184 e. The summed E-state index contributed by atoms with van der Waals surface area (Å²) in [5, 5.41) is 8.71. The summed E-state index contributed by atoms with van der Waals surface area (Å²) in [7, 11) is 0. The van der Waals surface area contributed by atoms with Crippen LogP contribution in [0.1, 0.15) is 29.2 Å². The molecule has 4 heterocycles. The number of thiophene rings is 3. The predicted octanol–water partition coefficient (Wildman–Crippen LogP) is 6.93. The molecule has 0 fully saturated rings. The lowest BCUT2D eigenvalue weighted by molar-refractivity contribution is 1.04. The summed E-state index contributed by atoms with van der Waals surface area (Å²) in [5.41, 5.74) is 2.42. The Labute approximate surface area is 142 Å². The van der Waals surface area contributed by atoms with Gasteiger partial charge in [0.15, 0.2) is 0 Å². The van der Waals surface area contributed by atoms with Crippen LogP contribution in [0.5, 0.6) is 0 Å². The van der Waals surface area contributed by atoms with E-state index in [2.05, 4.69) is 48.3 Å². The normalized spacial score (nSPS) is 13.0. The van der Waals surface area contributed by atoms with Gasteiger partial charge in [0.1, 0.15) is 5.69 Å². The van der Waals surface area contributed by atoms with Crippen molar-refractivity contribution < 1.29 is 0 Å². The molecule has 0 aromatic carbocycles. The first-order valence-electron chi connectivity index (χ1n) is 7.51. The summed E-state index contributed by atoms with van der Waals surface area (Å²) in [5.74, 6) is 0. The minimum absolute atomic E-state index is 0.729. The van der Waals surface area contributed by atoms with E-state index in [-0.39, 0.29) is 0 Å². The fourth-order valence-corrected chi connectivity index (χ4v) is 6.02. The van der Waals surface area contributed by atoms with Crippen LogP contribution in [0.15, 0.2) is 34.5 Å². The molecule has 0 N–H and O–H groups in total. The Hall–Kier alpha value is -1.30. The molecule has 0 unspecified atom stereocenters. The molecule has 2 nitrogen and oxygen atoms in total. The Morgan fingerprint density at radius 2 is 1.50 bits per heavy atom. The highest BCUT2D eigenvalue weighted by Crippen LogP contribution is 2.52. The van der Waals surface area contributed by atoms with Crippen molar-refractivity contribution in [2.75, 3.05) is 0 Å². The van der Waals surface area contributed by atoms with Gasteiger partial charge in [0.2, 0.25) is 0 Å². The van der Waals surface area contributed by atoms with Crippen LogP contribution in [0.25, 0.3) is 19.5 Å². The predicted molar refractivity (Wildman–Crippen MR) is 97.9 cm³/mol. The van der Waals surface area contributed by atoms with E-state index in [1.54, 1.807) is 0 Å². The number of fused-ring (bicyclic) bond motifs is 1. The average molecular weight is 345 g/mol. The van der Waals surface area contributed by atoms with Crippen LogP contribution in [-0.2, 0) is 19.4 Å². The molecule has 3 aromatic heterocycles. The van der Waals surface area contributed by atoms with Crippen LogP contribution < -0.4 is 0 Å². The molecule has 0 saturated carbocycles. The van der Waals surface area contributed by atoms with Crippen molar-refractivity contribution in [3.8, 4) is 19.5 Å². The molecule has 1 aliphatic heterocycles. The third kappa shape index (κ3) is 2.28. The van der Waals surface area contributed by atoms with Gasteiger partial charge in [-0.2, -0.15) is 10.2 Å². The van der Waals surface area contributed by atoms with Crippen molar-refractivity contribution in [1.82, 2.24) is 0 Å². The second-order valence-corrected chi connectivity index (χ2v) is 8.58. The number of aryl methyl sites for hydroxylation is 2. The maximum Gasteiger partial charge on any atom is 0.110 e. The van der Waals surface area contributed by atoms with Crippen molar-refractivity contribution in [2.45, 2.75) is 33.2 Å². The summed E-state index contributed by atoms with van der Waals surface area (Å²) in [6.07, 6.45) is 2.20. The highest BCUT2D eigenvalue weighted by atomic mass is 32.1. The van der Waals surface area contributed by atoms with E-state index in [0.717, 1.165) is 25.1 Å². The summed E-state index contributed by atoms with van der Waals surface area (Å²) >= 11 is 5.67. The number of rotatable bonds is 4. The summed E-state index contributed by atoms with van der Waals surface area (Å²) in [4.78, 5) is 8.22. The maximum atomic E-state index is 4.43. The smallest absolute Gasteiger partial charge is 0.110 e. The van der Waals surface area contributed by atoms with E-state index in [1.807, 2.05) is 34.0 Å². The Morgan fingerprint density at radius 3 is 2.09 bits per heavy atom. The molecular formula is C17H16N2S3. The van der Waals surface area contributed by atoms with E-state index in [4.69, 9.17) is 0 Å². The molecule has 5 heteroatoms. The third-order valence-corrected chi connectivity index (χ3v) is 7.89. The second kappa shape index (κ2) is 5.72. The molecular weight excluding hydrogens is 328 g/mol. The number of hydrogen-bond donors (Lipinski definition) is 0. The van der Waals surface area contributed by atoms with E-state index < -0.39 is 0 Å². The number of nitrogens with zero attached hydrogens (tertiary/aromatic N) is 2. The number of azo groups is 1. The lowest BCUT2D eigenvalue weighted by Gasteiger charge is -1.94. The van der Waals surface area contributed by atoms with Crippen LogP contribution in [-0.4, -0.2) is 0 Å². The molecule has 112 valence electrons. The molecule has 0 atom stereocenters. The maximum absolute atomic E-state index is 4.43. The van der Waals surface area contributed by atoms with Crippen LogP contribution in [0.2, 0.25) is 0 Å². The quantitative estimate of drug-likeness (QED) is 0.490. The van der Waals surface area contributed by atoms with Crippen molar-refractivity contribution in [3.63, 3.8) is 0 Å². The molecule has 1 aliphatic rings. The van der Waals surface area contributed by atoms with Crippen LogP contribution in [0.4, 0.5) is 5.69 Å². The van der Waals surface area contributed by atoms with E-state index in [9.17, 15) is 0 Å². The highest BCUT2D eigenvalue weighted by molar-refractivity contribution is 7.27. The zero-order valence-electron chi connectivity index (χ0n) is 12.5. The van der Waals surface area contributed by atoms with Crippen molar-refractivity contribution in [1.29, 1.82) is 0 Å². The van der Waals surface area contributed by atoms with E-state index in [1.165, 1.54) is 34.8 Å². The van der Waals surface area contributed by atoms with Crippen LogP contribution >= 0.6 is 34.0 Å². The van der Waals surface area contributed by atoms with Gasteiger partial charge in [-0.15, -0.1) is 34.0 Å². The van der Waals surface area contributed by atoms with Gasteiger partial charge < -0.3 is 0 Å². The SMILES string of the molecule is CCc1ccc(-c2sc(-c3ccc(CC)s3)c3c2CN=N3)s1. The van der Waals surface area contributed by atoms with Crippen LogP contribution in [0.3, 0.4) is 0 Å². The van der Waals surface area contributed by atoms with Crippen molar-refractivity contribution in [3.05, 3.63) is 39.6 Å². The molecule has 0 saturated heterocycles. The molecule has 3 aromatic rings. The zero-order valence-corrected chi connectivity index (χ0v) is 15.0. The lowest BCUT2D eigenvalue weighted by Crippen LogP contribution is -1.74. The Balaban J connectivity index is 1.83. The van der Waals surface area contributed by atoms with Crippen molar-refractivity contribution in [2.24, 2.45) is 10.2 Å². The number of hydrogen-bond acceptors (Lipinski definition) is 5. The monoisotopic (exact) mass is 344 g/mol. The van der Waals surface area contributed by atoms with Gasteiger partial charge in [0.05, 0.1) is 16.3 Å². The van der Waals surface area contributed by atoms with Gasteiger partial charge in [0.25, 0.3) is 0 Å². The fourth-order valence-electron chi connectivity index (χ4n) is 2.63. The average Bonchev–Trinajstić information content (AvgIpc) is 3.29. The Bertz CT molecular complexity index is 851.